The molecule has 0 saturated heterocycles. The molecule has 1 N–H and O–H groups in total. The molecule has 35 heavy (non-hydrogen) atoms. The number of hydrogen-bond acceptors (Lipinski definition) is 4. The number of carbonyl (C=O) groups is 2. The van der Waals surface area contributed by atoms with E-state index in [9.17, 15) is 9.59 Å². The van der Waals surface area contributed by atoms with E-state index < -0.39 is 6.04 Å². The first-order valence-corrected chi connectivity index (χ1v) is 11.8. The number of nitrogens with one attached hydrogen (secondary N) is 1. The predicted molar refractivity (Wildman–Crippen MR) is 137 cm³/mol. The summed E-state index contributed by atoms with van der Waals surface area (Å²) in [5, 5.41) is 3.05. The molecule has 1 atom stereocenters. The minimum Gasteiger partial charge on any atom is -0.493 e. The molecule has 0 aliphatic rings. The van der Waals surface area contributed by atoms with Gasteiger partial charge in [-0.3, -0.25) is 9.59 Å². The molecule has 0 aromatic heterocycles. The summed E-state index contributed by atoms with van der Waals surface area (Å²) in [6.07, 6.45) is 0.615. The Morgan fingerprint density at radius 3 is 2.06 bits per heavy atom. The van der Waals surface area contributed by atoms with Gasteiger partial charge in [0, 0.05) is 19.0 Å². The van der Waals surface area contributed by atoms with E-state index in [-0.39, 0.29) is 17.7 Å². The van der Waals surface area contributed by atoms with Crippen LogP contribution in [0.2, 0.25) is 0 Å². The molecule has 2 amide bonds. The third kappa shape index (κ3) is 6.85. The van der Waals surface area contributed by atoms with Crippen LogP contribution in [0.25, 0.3) is 0 Å². The van der Waals surface area contributed by atoms with E-state index >= 15 is 0 Å². The van der Waals surface area contributed by atoms with E-state index in [2.05, 4.69) is 5.32 Å². The van der Waals surface area contributed by atoms with Gasteiger partial charge in [-0.05, 0) is 35.2 Å². The highest BCUT2D eigenvalue weighted by Gasteiger charge is 2.32. The average molecular weight is 475 g/mol. The molecule has 0 saturated carbocycles. The van der Waals surface area contributed by atoms with Crippen molar-refractivity contribution in [3.05, 3.63) is 95.6 Å². The summed E-state index contributed by atoms with van der Waals surface area (Å²) in [4.78, 5) is 28.6. The lowest BCUT2D eigenvalue weighted by Crippen LogP contribution is -2.45. The van der Waals surface area contributed by atoms with Crippen molar-refractivity contribution < 1.29 is 19.1 Å². The summed E-state index contributed by atoms with van der Waals surface area (Å²) in [7, 11) is 3.20. The second kappa shape index (κ2) is 12.6. The van der Waals surface area contributed by atoms with Crippen LogP contribution in [0.5, 0.6) is 11.5 Å². The molecule has 6 nitrogen and oxygen atoms in total. The van der Waals surface area contributed by atoms with Gasteiger partial charge in [0.25, 0.3) is 0 Å². The average Bonchev–Trinajstić information content (AvgIpc) is 2.89. The van der Waals surface area contributed by atoms with E-state index in [0.29, 0.717) is 31.0 Å². The minimum absolute atomic E-state index is 0.0715. The molecule has 0 radical (unpaired) electrons. The van der Waals surface area contributed by atoms with Gasteiger partial charge in [0.15, 0.2) is 11.5 Å². The number of hydrogen-bond donors (Lipinski definition) is 1. The number of methoxy groups -OCH3 is 2. The number of nitrogens with zero attached hydrogens (tertiary/aromatic N) is 1. The molecular weight excluding hydrogens is 440 g/mol. The van der Waals surface area contributed by atoms with E-state index in [4.69, 9.17) is 9.47 Å². The number of carbonyl (C=O) groups excluding carboxylic acids is 2. The second-order valence-corrected chi connectivity index (χ2v) is 8.65. The van der Waals surface area contributed by atoms with Crippen molar-refractivity contribution in [2.45, 2.75) is 32.9 Å². The largest absolute Gasteiger partial charge is 0.493 e. The fourth-order valence-electron chi connectivity index (χ4n) is 3.98. The Bertz CT molecular complexity index is 1100. The third-order valence-electron chi connectivity index (χ3n) is 5.81. The molecular formula is C29H34N2O4. The van der Waals surface area contributed by atoms with Crippen molar-refractivity contribution in [3.8, 4) is 11.5 Å². The van der Waals surface area contributed by atoms with Gasteiger partial charge < -0.3 is 19.7 Å². The predicted octanol–water partition coefficient (Wildman–Crippen LogP) is 4.79. The van der Waals surface area contributed by atoms with Gasteiger partial charge in [-0.2, -0.15) is 0 Å². The first-order chi connectivity index (χ1) is 16.9. The maximum atomic E-state index is 13.6. The van der Waals surface area contributed by atoms with Crippen LogP contribution in [0.15, 0.2) is 78.9 Å². The van der Waals surface area contributed by atoms with Crippen molar-refractivity contribution in [2.24, 2.45) is 5.92 Å². The van der Waals surface area contributed by atoms with Crippen LogP contribution >= 0.6 is 0 Å². The number of benzene rings is 3. The van der Waals surface area contributed by atoms with Crippen LogP contribution in [0.1, 0.15) is 36.6 Å². The lowest BCUT2D eigenvalue weighted by Gasteiger charge is -2.33. The Hall–Kier alpha value is -3.80. The zero-order chi connectivity index (χ0) is 25.2. The number of amides is 2. The van der Waals surface area contributed by atoms with Gasteiger partial charge in [-0.1, -0.05) is 80.6 Å². The molecule has 0 heterocycles. The fraction of sp³-hybridized carbons (Fsp3) is 0.310. The fourth-order valence-corrected chi connectivity index (χ4v) is 3.98. The highest BCUT2D eigenvalue weighted by molar-refractivity contribution is 5.89. The topological polar surface area (TPSA) is 67.9 Å². The van der Waals surface area contributed by atoms with E-state index in [1.165, 1.54) is 0 Å². The van der Waals surface area contributed by atoms with Crippen molar-refractivity contribution in [1.82, 2.24) is 10.2 Å². The first-order valence-electron chi connectivity index (χ1n) is 11.8. The summed E-state index contributed by atoms with van der Waals surface area (Å²) in [5.74, 6) is 0.784. The third-order valence-corrected chi connectivity index (χ3v) is 5.81. The zero-order valence-electron chi connectivity index (χ0n) is 20.9. The van der Waals surface area contributed by atoms with Crippen LogP contribution in [0.3, 0.4) is 0 Å². The van der Waals surface area contributed by atoms with E-state index in [1.54, 1.807) is 19.1 Å². The van der Waals surface area contributed by atoms with Gasteiger partial charge in [0.2, 0.25) is 11.8 Å². The molecule has 0 bridgehead atoms. The molecule has 3 rings (SSSR count). The van der Waals surface area contributed by atoms with E-state index in [0.717, 1.165) is 16.7 Å². The van der Waals surface area contributed by atoms with Gasteiger partial charge in [-0.15, -0.1) is 0 Å². The molecule has 3 aromatic rings. The van der Waals surface area contributed by atoms with Crippen molar-refractivity contribution in [1.29, 1.82) is 0 Å². The molecule has 0 aliphatic heterocycles. The quantitative estimate of drug-likeness (QED) is 0.434. The smallest absolute Gasteiger partial charge is 0.247 e. The lowest BCUT2D eigenvalue weighted by atomic mass is 10.0. The molecule has 0 aliphatic carbocycles. The Kier molecular flexibility index (Phi) is 9.30. The van der Waals surface area contributed by atoms with Crippen LogP contribution in [-0.4, -0.2) is 37.5 Å². The Morgan fingerprint density at radius 2 is 1.46 bits per heavy atom. The molecule has 0 unspecified atom stereocenters. The number of rotatable bonds is 11. The van der Waals surface area contributed by atoms with E-state index in [1.807, 2.05) is 92.7 Å². The van der Waals surface area contributed by atoms with Gasteiger partial charge in [0.05, 0.1) is 14.2 Å². The SMILES string of the molecule is COc1ccc(CCNC(=O)[C@H](c2ccccc2)N(Cc2ccccc2)C(=O)C(C)C)cc1OC. The molecule has 6 heteroatoms. The molecule has 0 fully saturated rings. The second-order valence-electron chi connectivity index (χ2n) is 8.65. The normalized spacial score (nSPS) is 11.6. The maximum Gasteiger partial charge on any atom is 0.247 e. The van der Waals surface area contributed by atoms with Crippen LogP contribution in [-0.2, 0) is 22.6 Å². The molecule has 184 valence electrons. The Labute approximate surface area is 207 Å². The molecule has 3 aromatic carbocycles. The molecule has 0 spiro atoms. The lowest BCUT2D eigenvalue weighted by molar-refractivity contribution is -0.144. The Morgan fingerprint density at radius 1 is 0.829 bits per heavy atom. The summed E-state index contributed by atoms with van der Waals surface area (Å²) in [6.45, 7) is 4.49. The highest BCUT2D eigenvalue weighted by Crippen LogP contribution is 2.28. The van der Waals surface area contributed by atoms with Gasteiger partial charge >= 0.3 is 0 Å². The standard InChI is InChI=1S/C29H34N2O4/c1-21(2)29(33)31(20-23-11-7-5-8-12-23)27(24-13-9-6-10-14-24)28(32)30-18-17-22-15-16-25(34-3)26(19-22)35-4/h5-16,19,21,27H,17-18,20H2,1-4H3,(H,30,32)/t27-/m0/s1. The number of ether oxygens (including phenoxy) is 2. The summed E-state index contributed by atoms with van der Waals surface area (Å²) < 4.78 is 10.7. The van der Waals surface area contributed by atoms with Crippen LogP contribution in [0, 0.1) is 5.92 Å². The van der Waals surface area contributed by atoms with Crippen molar-refractivity contribution >= 4 is 11.8 Å². The van der Waals surface area contributed by atoms with Crippen LogP contribution < -0.4 is 14.8 Å². The first kappa shape index (κ1) is 25.8. The maximum absolute atomic E-state index is 13.6. The van der Waals surface area contributed by atoms with Gasteiger partial charge in [-0.25, -0.2) is 0 Å². The summed E-state index contributed by atoms with van der Waals surface area (Å²) in [5.41, 5.74) is 2.76. The van der Waals surface area contributed by atoms with Crippen LogP contribution in [0.4, 0.5) is 0 Å². The van der Waals surface area contributed by atoms with Gasteiger partial charge in [0.1, 0.15) is 6.04 Å². The monoisotopic (exact) mass is 474 g/mol. The summed E-state index contributed by atoms with van der Waals surface area (Å²) in [6, 6.07) is 24.2. The Balaban J connectivity index is 1.82. The summed E-state index contributed by atoms with van der Waals surface area (Å²) >= 11 is 0. The highest BCUT2D eigenvalue weighted by atomic mass is 16.5. The minimum atomic E-state index is -0.739. The zero-order valence-corrected chi connectivity index (χ0v) is 20.9. The van der Waals surface area contributed by atoms with Crippen molar-refractivity contribution in [3.63, 3.8) is 0 Å². The van der Waals surface area contributed by atoms with Crippen molar-refractivity contribution in [2.75, 3.05) is 20.8 Å².